The Bertz CT molecular complexity index is 1370. The first-order chi connectivity index (χ1) is 15.2. The van der Waals surface area contributed by atoms with E-state index in [1.54, 1.807) is 23.5 Å². The van der Waals surface area contributed by atoms with Crippen LogP contribution in [0.4, 0.5) is 10.1 Å². The molecule has 0 saturated heterocycles. The van der Waals surface area contributed by atoms with Gasteiger partial charge in [0.1, 0.15) is 10.6 Å². The van der Waals surface area contributed by atoms with Gasteiger partial charge in [-0.15, -0.1) is 22.7 Å². The van der Waals surface area contributed by atoms with Crippen LogP contribution in [0.1, 0.15) is 38.4 Å². The molecule has 3 heterocycles. The summed E-state index contributed by atoms with van der Waals surface area (Å²) in [5, 5.41) is 2.66. The topological polar surface area (TPSA) is 56.0 Å². The zero-order chi connectivity index (χ0) is 22.6. The zero-order valence-electron chi connectivity index (χ0n) is 18.4. The summed E-state index contributed by atoms with van der Waals surface area (Å²) < 4.78 is 13.5. The summed E-state index contributed by atoms with van der Waals surface area (Å²) in [6.07, 6.45) is 2.91. The molecule has 5 rings (SSSR count). The molecule has 0 radical (unpaired) electrons. The molecule has 164 valence electrons. The average Bonchev–Trinajstić information content (AvgIpc) is 3.29. The van der Waals surface area contributed by atoms with Crippen molar-refractivity contribution in [3.8, 4) is 20.9 Å². The second kappa shape index (κ2) is 7.78. The standard InChI is InChI=1S/C26H25FN2OS2/c1-26(2,3)15-8-11-17-18(13-15)29-25-21(20(17)19-5-4-12-31-19)23(30)22(28)24(32-25)14-6-9-16(27)10-7-14/h4-7,9-10,12,15H,8,11,13,28H2,1-3H3. The highest BCUT2D eigenvalue weighted by Crippen LogP contribution is 2.44. The lowest BCUT2D eigenvalue weighted by molar-refractivity contribution is 0.214. The molecule has 3 aromatic heterocycles. The van der Waals surface area contributed by atoms with Gasteiger partial charge in [0.25, 0.3) is 0 Å². The van der Waals surface area contributed by atoms with E-state index in [1.807, 2.05) is 11.4 Å². The van der Waals surface area contributed by atoms with Gasteiger partial charge in [0.05, 0.1) is 16.0 Å². The minimum atomic E-state index is -0.319. The fourth-order valence-corrected chi connectivity index (χ4v) is 6.57. The van der Waals surface area contributed by atoms with E-state index in [4.69, 9.17) is 10.7 Å². The molecule has 2 N–H and O–H groups in total. The first-order valence-corrected chi connectivity index (χ1v) is 12.5. The Morgan fingerprint density at radius 2 is 1.91 bits per heavy atom. The number of anilines is 1. The normalized spacial score (nSPS) is 16.3. The lowest BCUT2D eigenvalue weighted by Gasteiger charge is -2.35. The van der Waals surface area contributed by atoms with Gasteiger partial charge in [-0.3, -0.25) is 4.79 Å². The predicted octanol–water partition coefficient (Wildman–Crippen LogP) is 6.92. The smallest absolute Gasteiger partial charge is 0.213 e. The van der Waals surface area contributed by atoms with Crippen LogP contribution in [0.3, 0.4) is 0 Å². The summed E-state index contributed by atoms with van der Waals surface area (Å²) in [5.41, 5.74) is 10.6. The van der Waals surface area contributed by atoms with Crippen LogP contribution in [-0.2, 0) is 12.8 Å². The highest BCUT2D eigenvalue weighted by Gasteiger charge is 2.32. The summed E-state index contributed by atoms with van der Waals surface area (Å²) in [6.45, 7) is 6.86. The molecule has 32 heavy (non-hydrogen) atoms. The Hall–Kier alpha value is -2.57. The lowest BCUT2D eigenvalue weighted by atomic mass is 9.71. The van der Waals surface area contributed by atoms with E-state index in [1.165, 1.54) is 29.0 Å². The van der Waals surface area contributed by atoms with Gasteiger partial charge >= 0.3 is 0 Å². The second-order valence-electron chi connectivity index (χ2n) is 9.56. The van der Waals surface area contributed by atoms with Crippen LogP contribution in [0.2, 0.25) is 0 Å². The number of rotatable bonds is 2. The first-order valence-electron chi connectivity index (χ1n) is 10.8. The number of hydrogen-bond acceptors (Lipinski definition) is 5. The predicted molar refractivity (Wildman–Crippen MR) is 134 cm³/mol. The number of halogens is 1. The molecule has 0 bridgehead atoms. The van der Waals surface area contributed by atoms with E-state index < -0.39 is 0 Å². The van der Waals surface area contributed by atoms with Crippen LogP contribution in [0.25, 0.3) is 31.1 Å². The average molecular weight is 465 g/mol. The Labute approximate surface area is 194 Å². The Balaban J connectivity index is 1.81. The minimum Gasteiger partial charge on any atom is -0.394 e. The van der Waals surface area contributed by atoms with Crippen molar-refractivity contribution in [1.82, 2.24) is 4.98 Å². The summed E-state index contributed by atoms with van der Waals surface area (Å²) >= 11 is 3.07. The van der Waals surface area contributed by atoms with Crippen molar-refractivity contribution in [3.05, 3.63) is 69.1 Å². The molecule has 1 atom stereocenters. The highest BCUT2D eigenvalue weighted by molar-refractivity contribution is 7.21. The van der Waals surface area contributed by atoms with Crippen molar-refractivity contribution in [1.29, 1.82) is 0 Å². The number of pyridine rings is 1. The lowest BCUT2D eigenvalue weighted by Crippen LogP contribution is -2.28. The van der Waals surface area contributed by atoms with Crippen LogP contribution in [0, 0.1) is 17.2 Å². The number of nitrogens with zero attached hydrogens (tertiary/aromatic N) is 1. The summed E-state index contributed by atoms with van der Waals surface area (Å²) in [5.74, 6) is 0.221. The third-order valence-electron chi connectivity index (χ3n) is 6.55. The van der Waals surface area contributed by atoms with Crippen molar-refractivity contribution >= 4 is 38.6 Å². The van der Waals surface area contributed by atoms with Crippen LogP contribution in [-0.4, -0.2) is 4.98 Å². The third-order valence-corrected chi connectivity index (χ3v) is 8.58. The molecule has 4 aromatic rings. The quantitative estimate of drug-likeness (QED) is 0.350. The highest BCUT2D eigenvalue weighted by atomic mass is 32.1. The molecule has 0 spiro atoms. The molecule has 0 saturated carbocycles. The fourth-order valence-electron chi connectivity index (χ4n) is 4.66. The largest absolute Gasteiger partial charge is 0.394 e. The maximum atomic E-state index is 13.6. The Morgan fingerprint density at radius 3 is 2.56 bits per heavy atom. The number of benzene rings is 1. The molecule has 0 aliphatic heterocycles. The van der Waals surface area contributed by atoms with Gasteiger partial charge in [-0.05, 0) is 65.3 Å². The molecular formula is C26H25FN2OS2. The third kappa shape index (κ3) is 3.55. The molecule has 1 aliphatic carbocycles. The molecular weight excluding hydrogens is 439 g/mol. The first kappa shape index (κ1) is 21.3. The maximum Gasteiger partial charge on any atom is 0.213 e. The van der Waals surface area contributed by atoms with Gasteiger partial charge in [0.15, 0.2) is 0 Å². The van der Waals surface area contributed by atoms with E-state index in [9.17, 15) is 9.18 Å². The number of hydrogen-bond donors (Lipinski definition) is 1. The van der Waals surface area contributed by atoms with Crippen LogP contribution < -0.4 is 11.2 Å². The van der Waals surface area contributed by atoms with Gasteiger partial charge in [-0.1, -0.05) is 39.0 Å². The SMILES string of the molecule is CC(C)(C)C1CCc2c(nc3sc(-c4ccc(F)cc4)c(N)c(=O)c3c2-c2cccs2)C1. The van der Waals surface area contributed by atoms with Gasteiger partial charge in [-0.2, -0.15) is 0 Å². The van der Waals surface area contributed by atoms with Gasteiger partial charge < -0.3 is 5.73 Å². The van der Waals surface area contributed by atoms with E-state index in [2.05, 4.69) is 26.8 Å². The van der Waals surface area contributed by atoms with E-state index in [0.29, 0.717) is 21.0 Å². The summed E-state index contributed by atoms with van der Waals surface area (Å²) in [4.78, 5) is 21.1. The van der Waals surface area contributed by atoms with Gasteiger partial charge in [-0.25, -0.2) is 9.37 Å². The van der Waals surface area contributed by atoms with E-state index in [0.717, 1.165) is 41.0 Å². The molecule has 0 amide bonds. The molecule has 0 fully saturated rings. The number of aromatic nitrogens is 1. The van der Waals surface area contributed by atoms with Crippen LogP contribution >= 0.6 is 22.7 Å². The number of thiophene rings is 1. The van der Waals surface area contributed by atoms with Crippen molar-refractivity contribution in [2.75, 3.05) is 5.73 Å². The number of nitrogens with two attached hydrogens (primary N) is 1. The number of fused-ring (bicyclic) bond motifs is 2. The molecule has 1 aliphatic rings. The van der Waals surface area contributed by atoms with Crippen molar-refractivity contribution in [2.24, 2.45) is 11.3 Å². The molecule has 6 heteroatoms. The second-order valence-corrected chi connectivity index (χ2v) is 11.5. The van der Waals surface area contributed by atoms with Gasteiger partial charge in [0, 0.05) is 16.1 Å². The van der Waals surface area contributed by atoms with Crippen molar-refractivity contribution in [2.45, 2.75) is 40.0 Å². The van der Waals surface area contributed by atoms with Crippen molar-refractivity contribution in [3.63, 3.8) is 0 Å². The van der Waals surface area contributed by atoms with Gasteiger partial charge in [0.2, 0.25) is 5.43 Å². The van der Waals surface area contributed by atoms with Crippen LogP contribution in [0.15, 0.2) is 46.6 Å². The van der Waals surface area contributed by atoms with Crippen molar-refractivity contribution < 1.29 is 4.39 Å². The zero-order valence-corrected chi connectivity index (χ0v) is 20.0. The van der Waals surface area contributed by atoms with E-state index >= 15 is 0 Å². The monoisotopic (exact) mass is 464 g/mol. The van der Waals surface area contributed by atoms with Crippen LogP contribution in [0.5, 0.6) is 0 Å². The summed E-state index contributed by atoms with van der Waals surface area (Å²) in [6, 6.07) is 10.2. The minimum absolute atomic E-state index is 0.185. The molecule has 3 nitrogen and oxygen atoms in total. The van der Waals surface area contributed by atoms with E-state index in [-0.39, 0.29) is 22.3 Å². The Morgan fingerprint density at radius 1 is 1.16 bits per heavy atom. The maximum absolute atomic E-state index is 13.6. The summed E-state index contributed by atoms with van der Waals surface area (Å²) in [7, 11) is 0. The Kier molecular flexibility index (Phi) is 5.18. The number of nitrogen functional groups attached to an aromatic ring is 1. The fraction of sp³-hybridized carbons (Fsp3) is 0.308. The molecule has 1 aromatic carbocycles. The molecule has 1 unspecified atom stereocenters.